The number of carbonyl (C=O) groups is 1. The summed E-state index contributed by atoms with van der Waals surface area (Å²) in [5.41, 5.74) is 1.70. The molecule has 0 bridgehead atoms. The van der Waals surface area contributed by atoms with Crippen molar-refractivity contribution < 1.29 is 4.79 Å². The normalized spacial score (nSPS) is 19.2. The van der Waals surface area contributed by atoms with Crippen molar-refractivity contribution in [3.8, 4) is 0 Å². The van der Waals surface area contributed by atoms with E-state index >= 15 is 0 Å². The van der Waals surface area contributed by atoms with Crippen LogP contribution >= 0.6 is 11.6 Å². The lowest BCUT2D eigenvalue weighted by molar-refractivity contribution is 0.0922. The lowest BCUT2D eigenvalue weighted by atomic mass is 10.0. The molecule has 0 aliphatic carbocycles. The minimum Gasteiger partial charge on any atom is -0.348 e. The van der Waals surface area contributed by atoms with Gasteiger partial charge in [-0.15, -0.1) is 0 Å². The van der Waals surface area contributed by atoms with Gasteiger partial charge in [0.25, 0.3) is 5.91 Å². The number of rotatable bonds is 5. The Kier molecular flexibility index (Phi) is 5.48. The Hall–Kier alpha value is -1.91. The fourth-order valence-corrected chi connectivity index (χ4v) is 3.34. The molecule has 1 N–H and O–H groups in total. The quantitative estimate of drug-likeness (QED) is 0.905. The summed E-state index contributed by atoms with van der Waals surface area (Å²) in [5, 5.41) is 3.59. The summed E-state index contributed by atoms with van der Waals surface area (Å²) >= 11 is 5.92. The molecule has 2 aromatic rings. The van der Waals surface area contributed by atoms with E-state index in [1.54, 1.807) is 18.3 Å². The predicted octanol–water partition coefficient (Wildman–Crippen LogP) is 3.38. The van der Waals surface area contributed by atoms with E-state index in [-0.39, 0.29) is 11.9 Å². The van der Waals surface area contributed by atoms with Crippen LogP contribution in [0.4, 0.5) is 0 Å². The summed E-state index contributed by atoms with van der Waals surface area (Å²) < 4.78 is 0. The van der Waals surface area contributed by atoms with Gasteiger partial charge in [-0.1, -0.05) is 41.9 Å². The number of likely N-dealkylation sites (tertiary alicyclic amines) is 1. The second kappa shape index (κ2) is 7.77. The van der Waals surface area contributed by atoms with Gasteiger partial charge in [0.05, 0.1) is 0 Å². The molecule has 0 radical (unpaired) electrons. The Labute approximate surface area is 147 Å². The molecule has 2 heterocycles. The van der Waals surface area contributed by atoms with E-state index in [4.69, 9.17) is 11.6 Å². The van der Waals surface area contributed by atoms with Crippen LogP contribution in [0.15, 0.2) is 48.7 Å². The summed E-state index contributed by atoms with van der Waals surface area (Å²) in [6, 6.07) is 13.9. The Morgan fingerprint density at radius 1 is 1.38 bits per heavy atom. The molecule has 126 valence electrons. The largest absolute Gasteiger partial charge is 0.348 e. The molecule has 1 amide bonds. The maximum absolute atomic E-state index is 12.3. The number of aromatic nitrogens is 1. The fourth-order valence-electron chi connectivity index (χ4n) is 3.18. The average Bonchev–Trinajstić information content (AvgIpc) is 3.04. The molecule has 3 rings (SSSR count). The van der Waals surface area contributed by atoms with Crippen molar-refractivity contribution in [2.24, 2.45) is 5.92 Å². The highest BCUT2D eigenvalue weighted by Gasteiger charge is 2.28. The van der Waals surface area contributed by atoms with Crippen molar-refractivity contribution in [3.05, 3.63) is 64.9 Å². The lowest BCUT2D eigenvalue weighted by Crippen LogP contribution is -2.39. The Morgan fingerprint density at radius 3 is 2.92 bits per heavy atom. The van der Waals surface area contributed by atoms with Gasteiger partial charge in [-0.3, -0.25) is 14.7 Å². The van der Waals surface area contributed by atoms with Crippen LogP contribution in [-0.2, 0) is 6.54 Å². The van der Waals surface area contributed by atoms with Crippen LogP contribution < -0.4 is 5.32 Å². The van der Waals surface area contributed by atoms with Gasteiger partial charge in [0.15, 0.2) is 0 Å². The van der Waals surface area contributed by atoms with Crippen LogP contribution in [0.3, 0.4) is 0 Å². The van der Waals surface area contributed by atoms with Crippen LogP contribution in [0.25, 0.3) is 0 Å². The zero-order chi connectivity index (χ0) is 16.9. The summed E-state index contributed by atoms with van der Waals surface area (Å²) in [6.45, 7) is 5.10. The fraction of sp³-hybridized carbons (Fsp3) is 0.368. The molecule has 2 unspecified atom stereocenters. The van der Waals surface area contributed by atoms with Gasteiger partial charge >= 0.3 is 0 Å². The van der Waals surface area contributed by atoms with Crippen LogP contribution in [0, 0.1) is 5.92 Å². The van der Waals surface area contributed by atoms with E-state index < -0.39 is 0 Å². The van der Waals surface area contributed by atoms with E-state index in [0.717, 1.165) is 26.1 Å². The van der Waals surface area contributed by atoms with Crippen LogP contribution in [0.1, 0.15) is 29.4 Å². The van der Waals surface area contributed by atoms with Gasteiger partial charge in [-0.2, -0.15) is 0 Å². The summed E-state index contributed by atoms with van der Waals surface area (Å²) in [5.74, 6) is 0.295. The number of benzene rings is 1. The molecule has 1 fully saturated rings. The number of pyridine rings is 1. The minimum atomic E-state index is -0.161. The monoisotopic (exact) mass is 343 g/mol. The second-order valence-corrected chi connectivity index (χ2v) is 6.83. The molecule has 24 heavy (non-hydrogen) atoms. The van der Waals surface area contributed by atoms with Crippen molar-refractivity contribution in [1.82, 2.24) is 15.2 Å². The van der Waals surface area contributed by atoms with Crippen LogP contribution in [0.5, 0.6) is 0 Å². The molecule has 1 aliphatic heterocycles. The van der Waals surface area contributed by atoms with Crippen molar-refractivity contribution in [2.75, 3.05) is 13.1 Å². The first kappa shape index (κ1) is 16.9. The highest BCUT2D eigenvalue weighted by atomic mass is 35.5. The second-order valence-electron chi connectivity index (χ2n) is 6.39. The van der Waals surface area contributed by atoms with Crippen molar-refractivity contribution in [3.63, 3.8) is 0 Å². The maximum Gasteiger partial charge on any atom is 0.270 e. The van der Waals surface area contributed by atoms with Crippen molar-refractivity contribution in [1.29, 1.82) is 0 Å². The number of hydrogen-bond acceptors (Lipinski definition) is 3. The SMILES string of the molecule is CC(NC(=O)c1cc(Cl)ccn1)C1CCN(Cc2ccccc2)C1. The number of nitrogens with zero attached hydrogens (tertiary/aromatic N) is 2. The van der Waals surface area contributed by atoms with Gasteiger partial charge in [0.1, 0.15) is 5.69 Å². The number of amides is 1. The summed E-state index contributed by atoms with van der Waals surface area (Å²) in [6.07, 6.45) is 2.65. The van der Waals surface area contributed by atoms with Gasteiger partial charge < -0.3 is 5.32 Å². The van der Waals surface area contributed by atoms with Gasteiger partial charge in [0.2, 0.25) is 0 Å². The third-order valence-corrected chi connectivity index (χ3v) is 4.81. The lowest BCUT2D eigenvalue weighted by Gasteiger charge is -2.21. The number of carbonyl (C=O) groups excluding carboxylic acids is 1. The first-order valence-corrected chi connectivity index (χ1v) is 8.68. The Bertz CT molecular complexity index is 692. The first-order valence-electron chi connectivity index (χ1n) is 8.30. The third kappa shape index (κ3) is 4.34. The van der Waals surface area contributed by atoms with Crippen molar-refractivity contribution >= 4 is 17.5 Å². The Morgan fingerprint density at radius 2 is 2.17 bits per heavy atom. The molecule has 0 saturated carbocycles. The zero-order valence-electron chi connectivity index (χ0n) is 13.8. The number of hydrogen-bond donors (Lipinski definition) is 1. The van der Waals surface area contributed by atoms with Gasteiger partial charge in [-0.25, -0.2) is 0 Å². The van der Waals surface area contributed by atoms with E-state index in [2.05, 4.69) is 46.4 Å². The molecule has 4 nitrogen and oxygen atoms in total. The molecular weight excluding hydrogens is 322 g/mol. The zero-order valence-corrected chi connectivity index (χ0v) is 14.5. The predicted molar refractivity (Wildman–Crippen MR) is 96.0 cm³/mol. The molecule has 2 atom stereocenters. The maximum atomic E-state index is 12.3. The van der Waals surface area contributed by atoms with Crippen LogP contribution in [0.2, 0.25) is 5.02 Å². The van der Waals surface area contributed by atoms with E-state index in [0.29, 0.717) is 16.6 Å². The summed E-state index contributed by atoms with van der Waals surface area (Å²) in [4.78, 5) is 18.8. The minimum absolute atomic E-state index is 0.110. The van der Waals surface area contributed by atoms with Crippen molar-refractivity contribution in [2.45, 2.75) is 25.9 Å². The molecule has 5 heteroatoms. The number of nitrogens with one attached hydrogen (secondary N) is 1. The number of halogens is 1. The summed E-state index contributed by atoms with van der Waals surface area (Å²) in [7, 11) is 0. The highest BCUT2D eigenvalue weighted by molar-refractivity contribution is 6.30. The molecular formula is C19H22ClN3O. The highest BCUT2D eigenvalue weighted by Crippen LogP contribution is 2.22. The van der Waals surface area contributed by atoms with Crippen LogP contribution in [-0.4, -0.2) is 34.9 Å². The molecule has 1 aromatic heterocycles. The van der Waals surface area contributed by atoms with E-state index in [1.165, 1.54) is 5.56 Å². The third-order valence-electron chi connectivity index (χ3n) is 4.58. The molecule has 1 aliphatic rings. The molecule has 1 aromatic carbocycles. The smallest absolute Gasteiger partial charge is 0.270 e. The van der Waals surface area contributed by atoms with Gasteiger partial charge in [-0.05, 0) is 43.5 Å². The van der Waals surface area contributed by atoms with E-state index in [1.807, 2.05) is 6.07 Å². The Balaban J connectivity index is 1.53. The van der Waals surface area contributed by atoms with Gasteiger partial charge in [0, 0.05) is 30.4 Å². The molecule has 0 spiro atoms. The standard InChI is InChI=1S/C19H22ClN3O/c1-14(22-19(24)18-11-17(20)7-9-21-18)16-8-10-23(13-16)12-15-5-3-2-4-6-15/h2-7,9,11,14,16H,8,10,12-13H2,1H3,(H,22,24). The van der Waals surface area contributed by atoms with E-state index in [9.17, 15) is 4.79 Å². The molecule has 1 saturated heterocycles. The topological polar surface area (TPSA) is 45.2 Å². The average molecular weight is 344 g/mol. The first-order chi connectivity index (χ1) is 11.6.